The number of carbonyl (C=O) groups is 2. The number of carbonyl (C=O) groups excluding carboxylic acids is 2. The van der Waals surface area contributed by atoms with Crippen molar-refractivity contribution in [2.75, 3.05) is 26.7 Å². The van der Waals surface area contributed by atoms with E-state index < -0.39 is 6.03 Å². The number of hydrogen-bond acceptors (Lipinski definition) is 4. The first-order valence-corrected chi connectivity index (χ1v) is 7.94. The van der Waals surface area contributed by atoms with Gasteiger partial charge in [-0.2, -0.15) is 0 Å². The highest BCUT2D eigenvalue weighted by molar-refractivity contribution is 5.96. The molecule has 1 fully saturated rings. The summed E-state index contributed by atoms with van der Waals surface area (Å²) in [5.74, 6) is 0.390. The van der Waals surface area contributed by atoms with Crippen molar-refractivity contribution in [3.8, 4) is 0 Å². The fourth-order valence-corrected chi connectivity index (χ4v) is 2.72. The molecule has 6 heteroatoms. The highest BCUT2D eigenvalue weighted by atomic mass is 16.2. The standard InChI is InChI=1S/C15H30N4O2/c1-11(2)9-17-10-13-7-5-6-8-19(13)12(3)14(20)18-15(21)16-4/h11-13,17H,5-10H2,1-4H3,(H2,16,18,20,21). The van der Waals surface area contributed by atoms with Gasteiger partial charge in [-0.25, -0.2) is 4.79 Å². The minimum Gasteiger partial charge on any atom is -0.341 e. The molecular weight excluding hydrogens is 268 g/mol. The third-order valence-electron chi connectivity index (χ3n) is 3.95. The van der Waals surface area contributed by atoms with E-state index >= 15 is 0 Å². The number of imide groups is 1. The molecule has 0 aromatic heterocycles. The molecule has 0 aliphatic carbocycles. The predicted octanol–water partition coefficient (Wildman–Crippen LogP) is 0.931. The van der Waals surface area contributed by atoms with Gasteiger partial charge < -0.3 is 10.6 Å². The second-order valence-corrected chi connectivity index (χ2v) is 6.18. The summed E-state index contributed by atoms with van der Waals surface area (Å²) in [7, 11) is 1.51. The SMILES string of the molecule is CNC(=O)NC(=O)C(C)N1CCCCC1CNCC(C)C. The summed E-state index contributed by atoms with van der Waals surface area (Å²) in [6, 6.07) is -0.366. The molecule has 0 bridgehead atoms. The molecule has 3 N–H and O–H groups in total. The maximum atomic E-state index is 12.1. The number of amides is 3. The van der Waals surface area contributed by atoms with Crippen molar-refractivity contribution in [2.24, 2.45) is 5.92 Å². The predicted molar refractivity (Wildman–Crippen MR) is 84.1 cm³/mol. The molecule has 6 nitrogen and oxygen atoms in total. The van der Waals surface area contributed by atoms with Crippen molar-refractivity contribution in [1.29, 1.82) is 0 Å². The van der Waals surface area contributed by atoms with Crippen LogP contribution in [0.25, 0.3) is 0 Å². The van der Waals surface area contributed by atoms with Gasteiger partial charge in [0.1, 0.15) is 0 Å². The van der Waals surface area contributed by atoms with Crippen LogP contribution in [0.4, 0.5) is 4.79 Å². The summed E-state index contributed by atoms with van der Waals surface area (Å²) >= 11 is 0. The lowest BCUT2D eigenvalue weighted by atomic mass is 9.99. The number of nitrogens with zero attached hydrogens (tertiary/aromatic N) is 1. The zero-order chi connectivity index (χ0) is 15.8. The largest absolute Gasteiger partial charge is 0.341 e. The van der Waals surface area contributed by atoms with Crippen molar-refractivity contribution < 1.29 is 9.59 Å². The van der Waals surface area contributed by atoms with Gasteiger partial charge in [-0.05, 0) is 38.8 Å². The van der Waals surface area contributed by atoms with Crippen molar-refractivity contribution >= 4 is 11.9 Å². The summed E-state index contributed by atoms with van der Waals surface area (Å²) in [5, 5.41) is 8.26. The van der Waals surface area contributed by atoms with Crippen molar-refractivity contribution in [3.05, 3.63) is 0 Å². The molecule has 1 aliphatic heterocycles. The second-order valence-electron chi connectivity index (χ2n) is 6.18. The van der Waals surface area contributed by atoms with Gasteiger partial charge in [0.05, 0.1) is 6.04 Å². The Balaban J connectivity index is 2.54. The van der Waals surface area contributed by atoms with Crippen LogP contribution in [0.3, 0.4) is 0 Å². The van der Waals surface area contributed by atoms with E-state index in [1.165, 1.54) is 13.5 Å². The number of rotatable bonds is 6. The summed E-state index contributed by atoms with van der Waals surface area (Å²) < 4.78 is 0. The Labute approximate surface area is 128 Å². The van der Waals surface area contributed by atoms with Gasteiger partial charge in [0.25, 0.3) is 0 Å². The van der Waals surface area contributed by atoms with Crippen molar-refractivity contribution in [1.82, 2.24) is 20.9 Å². The summed E-state index contributed by atoms with van der Waals surface area (Å²) in [5.41, 5.74) is 0. The van der Waals surface area contributed by atoms with Gasteiger partial charge in [-0.3, -0.25) is 15.0 Å². The van der Waals surface area contributed by atoms with Crippen LogP contribution in [0.1, 0.15) is 40.0 Å². The highest BCUT2D eigenvalue weighted by Gasteiger charge is 2.30. The van der Waals surface area contributed by atoms with E-state index in [0.717, 1.165) is 32.5 Å². The third kappa shape index (κ3) is 6.01. The molecule has 21 heavy (non-hydrogen) atoms. The van der Waals surface area contributed by atoms with E-state index in [1.807, 2.05) is 6.92 Å². The summed E-state index contributed by atoms with van der Waals surface area (Å²) in [4.78, 5) is 25.6. The quantitative estimate of drug-likeness (QED) is 0.682. The Kier molecular flexibility index (Phi) is 7.67. The Morgan fingerprint density at radius 2 is 1.95 bits per heavy atom. The highest BCUT2D eigenvalue weighted by Crippen LogP contribution is 2.19. The van der Waals surface area contributed by atoms with E-state index in [-0.39, 0.29) is 11.9 Å². The van der Waals surface area contributed by atoms with Crippen molar-refractivity contribution in [3.63, 3.8) is 0 Å². The molecule has 0 aromatic carbocycles. The second kappa shape index (κ2) is 9.00. The molecule has 122 valence electrons. The van der Waals surface area contributed by atoms with E-state index in [1.54, 1.807) is 0 Å². The van der Waals surface area contributed by atoms with Crippen LogP contribution in [0.2, 0.25) is 0 Å². The van der Waals surface area contributed by atoms with Crippen LogP contribution in [-0.2, 0) is 4.79 Å². The smallest absolute Gasteiger partial charge is 0.321 e. The van der Waals surface area contributed by atoms with Crippen LogP contribution in [-0.4, -0.2) is 55.6 Å². The molecule has 1 saturated heterocycles. The number of likely N-dealkylation sites (tertiary alicyclic amines) is 1. The lowest BCUT2D eigenvalue weighted by molar-refractivity contribution is -0.126. The molecule has 0 aromatic rings. The maximum absolute atomic E-state index is 12.1. The number of nitrogens with one attached hydrogen (secondary N) is 3. The van der Waals surface area contributed by atoms with Crippen LogP contribution in [0.15, 0.2) is 0 Å². The Morgan fingerprint density at radius 1 is 1.24 bits per heavy atom. The zero-order valence-corrected chi connectivity index (χ0v) is 13.7. The molecule has 0 saturated carbocycles. The zero-order valence-electron chi connectivity index (χ0n) is 13.7. The number of piperidine rings is 1. The van der Waals surface area contributed by atoms with Crippen LogP contribution in [0, 0.1) is 5.92 Å². The topological polar surface area (TPSA) is 73.5 Å². The average molecular weight is 298 g/mol. The van der Waals surface area contributed by atoms with E-state index in [0.29, 0.717) is 12.0 Å². The molecule has 3 amide bonds. The normalized spacial score (nSPS) is 21.1. The van der Waals surface area contributed by atoms with Gasteiger partial charge >= 0.3 is 6.03 Å². The van der Waals surface area contributed by atoms with Crippen molar-refractivity contribution in [2.45, 2.75) is 52.1 Å². The van der Waals surface area contributed by atoms with Gasteiger partial charge in [0, 0.05) is 19.6 Å². The number of urea groups is 1. The fourth-order valence-electron chi connectivity index (χ4n) is 2.72. The monoisotopic (exact) mass is 298 g/mol. The molecule has 1 rings (SSSR count). The average Bonchev–Trinajstić information content (AvgIpc) is 2.46. The summed E-state index contributed by atoms with van der Waals surface area (Å²) in [6.07, 6.45) is 3.41. The molecule has 1 aliphatic rings. The minimum atomic E-state index is -0.446. The molecule has 2 unspecified atom stereocenters. The van der Waals surface area contributed by atoms with Gasteiger partial charge in [-0.15, -0.1) is 0 Å². The van der Waals surface area contributed by atoms with Gasteiger partial charge in [0.2, 0.25) is 5.91 Å². The molecule has 1 heterocycles. The van der Waals surface area contributed by atoms with Gasteiger partial charge in [-0.1, -0.05) is 20.3 Å². The van der Waals surface area contributed by atoms with E-state index in [9.17, 15) is 9.59 Å². The minimum absolute atomic E-state index is 0.231. The first-order valence-electron chi connectivity index (χ1n) is 7.94. The molecule has 0 radical (unpaired) electrons. The Morgan fingerprint density at radius 3 is 2.57 bits per heavy atom. The summed E-state index contributed by atoms with van der Waals surface area (Å²) in [6.45, 7) is 9.05. The Bertz CT molecular complexity index is 347. The first-order chi connectivity index (χ1) is 9.95. The Hall–Kier alpha value is -1.14. The number of hydrogen-bond donors (Lipinski definition) is 3. The first kappa shape index (κ1) is 17.9. The van der Waals surface area contributed by atoms with Gasteiger partial charge in [0.15, 0.2) is 0 Å². The van der Waals surface area contributed by atoms with E-state index in [2.05, 4.69) is 34.7 Å². The van der Waals surface area contributed by atoms with E-state index in [4.69, 9.17) is 0 Å². The van der Waals surface area contributed by atoms with Crippen LogP contribution >= 0.6 is 0 Å². The third-order valence-corrected chi connectivity index (χ3v) is 3.95. The molecule has 0 spiro atoms. The van der Waals surface area contributed by atoms with Crippen LogP contribution < -0.4 is 16.0 Å². The molecule has 2 atom stereocenters. The lowest BCUT2D eigenvalue weighted by Gasteiger charge is -2.39. The molecular formula is C15H30N4O2. The van der Waals surface area contributed by atoms with Crippen LogP contribution in [0.5, 0.6) is 0 Å². The fraction of sp³-hybridized carbons (Fsp3) is 0.867. The maximum Gasteiger partial charge on any atom is 0.321 e. The lowest BCUT2D eigenvalue weighted by Crippen LogP contribution is -2.56.